The van der Waals surface area contributed by atoms with E-state index in [-0.39, 0.29) is 24.9 Å². The number of carbonyl (C=O) groups is 2. The van der Waals surface area contributed by atoms with Crippen molar-refractivity contribution in [3.05, 3.63) is 0 Å². The van der Waals surface area contributed by atoms with Crippen molar-refractivity contribution < 1.29 is 14.7 Å². The number of nitrogens with one attached hydrogen (secondary N) is 1. The van der Waals surface area contributed by atoms with E-state index in [0.29, 0.717) is 25.8 Å². The standard InChI is InChI=1S/C12H26N8O3/c13-7(3-1-5-18-11(14)15)9(21)20-8(10(22)23)4-2-6-19-12(16)17/h7-8H,1-6,13H2,(H,20,21)(H,22,23)(H4,14,15,18)(H4,16,17,19)/t7?,8-/m0/s1. The Morgan fingerprint density at radius 1 is 0.957 bits per heavy atom. The molecule has 0 aliphatic heterocycles. The van der Waals surface area contributed by atoms with E-state index < -0.39 is 24.0 Å². The third kappa shape index (κ3) is 10.8. The normalized spacial score (nSPS) is 12.7. The third-order valence-electron chi connectivity index (χ3n) is 2.86. The molecule has 0 saturated heterocycles. The van der Waals surface area contributed by atoms with Crippen molar-refractivity contribution in [1.82, 2.24) is 5.32 Å². The number of hydrogen-bond donors (Lipinski definition) is 7. The lowest BCUT2D eigenvalue weighted by Crippen LogP contribution is -2.48. The molecular weight excluding hydrogens is 304 g/mol. The van der Waals surface area contributed by atoms with Crippen LogP contribution in [0.1, 0.15) is 25.7 Å². The SMILES string of the molecule is NC(N)=NCCCC(N)C(=O)N[C@@H](CCCN=C(N)N)C(=O)O. The molecule has 0 aromatic heterocycles. The predicted octanol–water partition coefficient (Wildman–Crippen LogP) is -3.01. The van der Waals surface area contributed by atoms with Gasteiger partial charge in [0.1, 0.15) is 6.04 Å². The van der Waals surface area contributed by atoms with Crippen molar-refractivity contribution in [3.8, 4) is 0 Å². The molecule has 0 radical (unpaired) electrons. The lowest BCUT2D eigenvalue weighted by atomic mass is 10.1. The van der Waals surface area contributed by atoms with Gasteiger partial charge >= 0.3 is 5.97 Å². The third-order valence-corrected chi connectivity index (χ3v) is 2.86. The molecule has 0 bridgehead atoms. The second-order valence-electron chi connectivity index (χ2n) is 4.90. The summed E-state index contributed by atoms with van der Waals surface area (Å²) in [5, 5.41) is 11.5. The zero-order valence-corrected chi connectivity index (χ0v) is 12.9. The Bertz CT molecular complexity index is 444. The van der Waals surface area contributed by atoms with E-state index >= 15 is 0 Å². The van der Waals surface area contributed by atoms with Gasteiger partial charge in [-0.1, -0.05) is 0 Å². The summed E-state index contributed by atoms with van der Waals surface area (Å²) in [7, 11) is 0. The first-order valence-electron chi connectivity index (χ1n) is 7.13. The minimum absolute atomic E-state index is 0.0326. The van der Waals surface area contributed by atoms with Crippen LogP contribution in [-0.2, 0) is 9.59 Å². The van der Waals surface area contributed by atoms with Crippen LogP contribution in [0.15, 0.2) is 9.98 Å². The Morgan fingerprint density at radius 3 is 1.87 bits per heavy atom. The summed E-state index contributed by atoms with van der Waals surface area (Å²) in [5.41, 5.74) is 26.4. The second-order valence-corrected chi connectivity index (χ2v) is 4.90. The van der Waals surface area contributed by atoms with Gasteiger partial charge in [-0.3, -0.25) is 14.8 Å². The Morgan fingerprint density at radius 2 is 1.43 bits per heavy atom. The van der Waals surface area contributed by atoms with E-state index in [1.54, 1.807) is 0 Å². The van der Waals surface area contributed by atoms with Gasteiger partial charge in [-0.25, -0.2) is 4.79 Å². The number of amides is 1. The van der Waals surface area contributed by atoms with E-state index in [1.807, 2.05) is 0 Å². The maximum absolute atomic E-state index is 11.9. The molecule has 132 valence electrons. The average molecular weight is 330 g/mol. The highest BCUT2D eigenvalue weighted by Gasteiger charge is 2.22. The lowest BCUT2D eigenvalue weighted by Gasteiger charge is -2.17. The van der Waals surface area contributed by atoms with E-state index in [1.165, 1.54) is 0 Å². The Hall–Kier alpha value is -2.56. The molecule has 0 aromatic carbocycles. The van der Waals surface area contributed by atoms with Crippen LogP contribution in [0.4, 0.5) is 0 Å². The molecular formula is C12H26N8O3. The molecule has 0 saturated carbocycles. The number of rotatable bonds is 11. The minimum Gasteiger partial charge on any atom is -0.480 e. The first-order chi connectivity index (χ1) is 10.7. The van der Waals surface area contributed by atoms with Gasteiger partial charge in [0.15, 0.2) is 11.9 Å². The summed E-state index contributed by atoms with van der Waals surface area (Å²) in [6.07, 6.45) is 1.45. The zero-order valence-electron chi connectivity index (χ0n) is 12.9. The molecule has 0 rings (SSSR count). The fourth-order valence-corrected chi connectivity index (χ4v) is 1.69. The maximum atomic E-state index is 11.9. The summed E-state index contributed by atoms with van der Waals surface area (Å²) < 4.78 is 0. The Balaban J connectivity index is 4.24. The molecule has 2 atom stereocenters. The van der Waals surface area contributed by atoms with Crippen LogP contribution in [-0.4, -0.2) is 54.1 Å². The van der Waals surface area contributed by atoms with Crippen LogP contribution in [0.5, 0.6) is 0 Å². The molecule has 0 fully saturated rings. The lowest BCUT2D eigenvalue weighted by molar-refractivity contribution is -0.142. The van der Waals surface area contributed by atoms with Gasteiger partial charge in [-0.15, -0.1) is 0 Å². The van der Waals surface area contributed by atoms with E-state index in [0.717, 1.165) is 0 Å². The fourth-order valence-electron chi connectivity index (χ4n) is 1.69. The molecule has 1 unspecified atom stereocenters. The van der Waals surface area contributed by atoms with Gasteiger partial charge in [0.05, 0.1) is 6.04 Å². The van der Waals surface area contributed by atoms with Crippen molar-refractivity contribution in [3.63, 3.8) is 0 Å². The number of carboxylic acids is 1. The van der Waals surface area contributed by atoms with Crippen molar-refractivity contribution in [2.75, 3.05) is 13.1 Å². The van der Waals surface area contributed by atoms with Crippen LogP contribution < -0.4 is 34.0 Å². The number of aliphatic carboxylic acids is 1. The highest BCUT2D eigenvalue weighted by molar-refractivity contribution is 5.86. The summed E-state index contributed by atoms with van der Waals surface area (Å²) in [5.74, 6) is -1.78. The molecule has 11 nitrogen and oxygen atoms in total. The fraction of sp³-hybridized carbons (Fsp3) is 0.667. The van der Waals surface area contributed by atoms with Crippen LogP contribution in [0.2, 0.25) is 0 Å². The molecule has 1 amide bonds. The van der Waals surface area contributed by atoms with E-state index in [9.17, 15) is 9.59 Å². The molecule has 12 N–H and O–H groups in total. The van der Waals surface area contributed by atoms with Gasteiger partial charge < -0.3 is 39.1 Å². The highest BCUT2D eigenvalue weighted by atomic mass is 16.4. The van der Waals surface area contributed by atoms with Gasteiger partial charge in [0, 0.05) is 13.1 Å². The number of guanidine groups is 2. The Labute approximate surface area is 134 Å². The van der Waals surface area contributed by atoms with Gasteiger partial charge in [-0.05, 0) is 25.7 Å². The largest absolute Gasteiger partial charge is 0.480 e. The first kappa shape index (κ1) is 20.4. The smallest absolute Gasteiger partial charge is 0.326 e. The predicted molar refractivity (Wildman–Crippen MR) is 87.4 cm³/mol. The molecule has 0 aliphatic carbocycles. The van der Waals surface area contributed by atoms with Crippen LogP contribution in [0, 0.1) is 0 Å². The second kappa shape index (κ2) is 11.1. The monoisotopic (exact) mass is 330 g/mol. The van der Waals surface area contributed by atoms with Crippen molar-refractivity contribution in [2.45, 2.75) is 37.8 Å². The van der Waals surface area contributed by atoms with Crippen molar-refractivity contribution in [1.29, 1.82) is 0 Å². The summed E-state index contributed by atoms with van der Waals surface area (Å²) in [4.78, 5) is 30.5. The topological polar surface area (TPSA) is 221 Å². The highest BCUT2D eigenvalue weighted by Crippen LogP contribution is 2.01. The number of nitrogens with zero attached hydrogens (tertiary/aromatic N) is 2. The molecule has 0 spiro atoms. The number of carbonyl (C=O) groups excluding carboxylic acids is 1. The number of aliphatic imine (C=N–C) groups is 2. The Kier molecular flexibility index (Phi) is 9.83. The van der Waals surface area contributed by atoms with E-state index in [4.69, 9.17) is 33.8 Å². The van der Waals surface area contributed by atoms with Gasteiger partial charge in [0.25, 0.3) is 0 Å². The summed E-state index contributed by atoms with van der Waals surface area (Å²) >= 11 is 0. The molecule has 0 heterocycles. The van der Waals surface area contributed by atoms with Gasteiger partial charge in [-0.2, -0.15) is 0 Å². The molecule has 0 aliphatic rings. The van der Waals surface area contributed by atoms with Crippen molar-refractivity contribution >= 4 is 23.8 Å². The minimum atomic E-state index is -1.14. The molecule has 0 aromatic rings. The zero-order chi connectivity index (χ0) is 17.8. The first-order valence-corrected chi connectivity index (χ1v) is 7.13. The maximum Gasteiger partial charge on any atom is 0.326 e. The van der Waals surface area contributed by atoms with Crippen molar-refractivity contribution in [2.24, 2.45) is 38.7 Å². The van der Waals surface area contributed by atoms with E-state index in [2.05, 4.69) is 15.3 Å². The van der Waals surface area contributed by atoms with Gasteiger partial charge in [0.2, 0.25) is 5.91 Å². The number of nitrogens with two attached hydrogens (primary N) is 5. The number of hydrogen-bond acceptors (Lipinski definition) is 5. The van der Waals surface area contributed by atoms with Crippen LogP contribution in [0.25, 0.3) is 0 Å². The van der Waals surface area contributed by atoms with Crippen LogP contribution >= 0.6 is 0 Å². The molecule has 11 heteroatoms. The number of carboxylic acid groups (broad SMARTS) is 1. The van der Waals surface area contributed by atoms with Crippen LogP contribution in [0.3, 0.4) is 0 Å². The average Bonchev–Trinajstić information content (AvgIpc) is 2.45. The summed E-state index contributed by atoms with van der Waals surface area (Å²) in [6.45, 7) is 0.636. The quantitative estimate of drug-likeness (QED) is 0.117. The molecule has 23 heavy (non-hydrogen) atoms. The summed E-state index contributed by atoms with van der Waals surface area (Å²) in [6, 6.07) is -1.87.